The van der Waals surface area contributed by atoms with E-state index in [1.54, 1.807) is 27.0 Å². The van der Waals surface area contributed by atoms with Gasteiger partial charge in [0, 0.05) is 23.9 Å². The van der Waals surface area contributed by atoms with Crippen LogP contribution in [0.3, 0.4) is 0 Å². The van der Waals surface area contributed by atoms with Crippen molar-refractivity contribution in [3.8, 4) is 11.6 Å². The van der Waals surface area contributed by atoms with Crippen LogP contribution in [0.5, 0.6) is 11.6 Å². The second-order valence-corrected chi connectivity index (χ2v) is 16.3. The fourth-order valence-corrected chi connectivity index (χ4v) is 7.75. The Labute approximate surface area is 285 Å². The van der Waals surface area contributed by atoms with E-state index < -0.39 is 74.1 Å². The number of ether oxygens (including phenoxy) is 3. The molecule has 4 bridgehead atoms. The number of fused-ring (bicyclic) bond motifs is 3. The molecule has 14 nitrogen and oxygen atoms in total. The first kappa shape index (κ1) is 34.5. The number of hydrogen-bond acceptors (Lipinski definition) is 10. The number of benzene rings is 1. The first-order chi connectivity index (χ1) is 23.2. The minimum atomic E-state index is -3.89. The van der Waals surface area contributed by atoms with Gasteiger partial charge in [0.15, 0.2) is 0 Å². The van der Waals surface area contributed by atoms with Gasteiger partial charge in [-0.25, -0.2) is 18.2 Å². The molecular formula is C34H43N5O9S. The number of carbonyl (C=O) groups excluding carboxylic acids is 4. The lowest BCUT2D eigenvalue weighted by Gasteiger charge is -2.35. The average Bonchev–Trinajstić information content (AvgIpc) is 3.97. The van der Waals surface area contributed by atoms with Gasteiger partial charge in [-0.3, -0.25) is 19.1 Å². The number of alkyl carbamates (subject to hydrolysis) is 1. The van der Waals surface area contributed by atoms with E-state index in [0.717, 1.165) is 5.39 Å². The highest BCUT2D eigenvalue weighted by Crippen LogP contribution is 2.45. The van der Waals surface area contributed by atoms with Crippen LogP contribution in [-0.4, -0.2) is 90.9 Å². The molecule has 2 aliphatic carbocycles. The molecule has 49 heavy (non-hydrogen) atoms. The van der Waals surface area contributed by atoms with Gasteiger partial charge in [0.1, 0.15) is 29.5 Å². The van der Waals surface area contributed by atoms with E-state index in [1.165, 1.54) is 11.0 Å². The Kier molecular flexibility index (Phi) is 9.24. The molecule has 3 N–H and O–H groups in total. The molecule has 1 aromatic carbocycles. The van der Waals surface area contributed by atoms with Crippen molar-refractivity contribution in [3.05, 3.63) is 43.1 Å². The predicted molar refractivity (Wildman–Crippen MR) is 178 cm³/mol. The van der Waals surface area contributed by atoms with Crippen LogP contribution in [0, 0.1) is 11.3 Å². The Hall–Kier alpha value is -4.40. The molecule has 0 unspecified atom stereocenters. The Morgan fingerprint density at radius 3 is 2.53 bits per heavy atom. The van der Waals surface area contributed by atoms with Gasteiger partial charge in [-0.1, -0.05) is 32.9 Å². The highest BCUT2D eigenvalue weighted by molar-refractivity contribution is 7.91. The van der Waals surface area contributed by atoms with Gasteiger partial charge in [-0.2, -0.15) is 0 Å². The molecule has 15 heteroatoms. The number of amides is 4. The van der Waals surface area contributed by atoms with Gasteiger partial charge in [0.05, 0.1) is 25.0 Å². The summed E-state index contributed by atoms with van der Waals surface area (Å²) in [5.41, 5.74) is -2.33. The maximum atomic E-state index is 14.4. The summed E-state index contributed by atoms with van der Waals surface area (Å²) < 4.78 is 45.1. The lowest BCUT2D eigenvalue weighted by atomic mass is 9.85. The van der Waals surface area contributed by atoms with Gasteiger partial charge in [-0.05, 0) is 61.1 Å². The smallest absolute Gasteiger partial charge is 0.407 e. The number of nitrogens with zero attached hydrogens (tertiary/aromatic N) is 2. The molecule has 0 radical (unpaired) electrons. The molecule has 2 aromatic rings. The summed E-state index contributed by atoms with van der Waals surface area (Å²) in [5, 5.41) is 6.39. The first-order valence-corrected chi connectivity index (χ1v) is 18.2. The third kappa shape index (κ3) is 7.31. The molecular weight excluding hydrogens is 654 g/mol. The van der Waals surface area contributed by atoms with Gasteiger partial charge in [0.2, 0.25) is 27.7 Å². The molecule has 5 atom stereocenters. The summed E-state index contributed by atoms with van der Waals surface area (Å²) in [5.74, 6) is -1.65. The standard InChI is InChI=1S/C34H43N5O9S/c1-5-21-18-34(21,31(42)38-49(44,45)24-10-11-24)37-28(40)26-17-23-19-39(26)30(41)27(33(2,3)4)36-32(43)47-15-7-6-14-46-22-9-8-20-12-13-35-29(48-23)25(20)16-22/h5,8-9,12-13,16,21,23-24,26-27H,1,6-7,10-11,14-15,17-19H2,2-4H3,(H,36,43)(H,37,40)(H,38,42)/t21-,23-,26+,27-,34-/m1/s1. The lowest BCUT2D eigenvalue weighted by Crippen LogP contribution is -2.60. The van der Waals surface area contributed by atoms with E-state index in [2.05, 4.69) is 26.9 Å². The van der Waals surface area contributed by atoms with E-state index in [-0.39, 0.29) is 26.0 Å². The third-order valence-electron chi connectivity index (χ3n) is 9.49. The van der Waals surface area contributed by atoms with Gasteiger partial charge in [0.25, 0.3) is 5.91 Å². The molecule has 4 amide bonds. The van der Waals surface area contributed by atoms with Crippen LogP contribution >= 0.6 is 0 Å². The van der Waals surface area contributed by atoms with Gasteiger partial charge >= 0.3 is 6.09 Å². The van der Waals surface area contributed by atoms with E-state index in [1.807, 2.05) is 24.3 Å². The van der Waals surface area contributed by atoms with Crippen molar-refractivity contribution in [2.45, 2.75) is 88.3 Å². The quantitative estimate of drug-likeness (QED) is 0.380. The highest BCUT2D eigenvalue weighted by Gasteiger charge is 2.62. The molecule has 2 saturated carbocycles. The predicted octanol–water partition coefficient (Wildman–Crippen LogP) is 2.57. The second kappa shape index (κ2) is 13.1. The van der Waals surface area contributed by atoms with Crippen LogP contribution in [0.15, 0.2) is 43.1 Å². The summed E-state index contributed by atoms with van der Waals surface area (Å²) in [7, 11) is -3.89. The zero-order chi connectivity index (χ0) is 35.1. The zero-order valence-electron chi connectivity index (χ0n) is 27.9. The van der Waals surface area contributed by atoms with Crippen molar-refractivity contribution >= 4 is 44.6 Å². The van der Waals surface area contributed by atoms with Crippen LogP contribution in [-0.2, 0) is 29.1 Å². The fourth-order valence-electron chi connectivity index (χ4n) is 6.39. The summed E-state index contributed by atoms with van der Waals surface area (Å²) in [4.78, 5) is 60.6. The van der Waals surface area contributed by atoms with Crippen molar-refractivity contribution in [2.24, 2.45) is 11.3 Å². The monoisotopic (exact) mass is 697 g/mol. The molecule has 3 heterocycles. The molecule has 6 rings (SSSR count). The minimum Gasteiger partial charge on any atom is -0.494 e. The number of hydrogen-bond donors (Lipinski definition) is 3. The normalized spacial score (nSPS) is 27.9. The highest BCUT2D eigenvalue weighted by atomic mass is 32.2. The second-order valence-electron chi connectivity index (χ2n) is 14.3. The molecule has 1 saturated heterocycles. The van der Waals surface area contributed by atoms with E-state index >= 15 is 0 Å². The Morgan fingerprint density at radius 2 is 1.86 bits per heavy atom. The molecule has 1 aromatic heterocycles. The number of rotatable bonds is 6. The van der Waals surface area contributed by atoms with Crippen LogP contribution in [0.1, 0.15) is 59.3 Å². The summed E-state index contributed by atoms with van der Waals surface area (Å²) in [6.07, 6.45) is 3.89. The fraction of sp³-hybridized carbons (Fsp3) is 0.559. The zero-order valence-corrected chi connectivity index (χ0v) is 28.7. The van der Waals surface area contributed by atoms with Crippen LogP contribution in [0.25, 0.3) is 10.8 Å². The summed E-state index contributed by atoms with van der Waals surface area (Å²) >= 11 is 0. The lowest BCUT2D eigenvalue weighted by molar-refractivity contribution is -0.142. The van der Waals surface area contributed by atoms with Crippen LogP contribution < -0.4 is 24.8 Å². The number of carbonyl (C=O) groups is 4. The van der Waals surface area contributed by atoms with Gasteiger partial charge in [-0.15, -0.1) is 6.58 Å². The Morgan fingerprint density at radius 1 is 1.12 bits per heavy atom. The molecule has 3 fully saturated rings. The number of nitrogens with one attached hydrogen (secondary N) is 3. The largest absolute Gasteiger partial charge is 0.494 e. The third-order valence-corrected chi connectivity index (χ3v) is 11.3. The van der Waals surface area contributed by atoms with Gasteiger partial charge < -0.3 is 29.7 Å². The number of aromatic nitrogens is 1. The van der Waals surface area contributed by atoms with E-state index in [9.17, 15) is 27.6 Å². The van der Waals surface area contributed by atoms with Crippen molar-refractivity contribution in [2.75, 3.05) is 19.8 Å². The number of sulfonamides is 1. The SMILES string of the molecule is C=C[C@@H]1C[C@]1(NC(=O)[C@@H]1C[C@@H]2CN1C(=O)[C@H](C(C)(C)C)NC(=O)OCCCCOc1ccc3ccnc(c3c1)O2)C(=O)NS(=O)(=O)C1CC1. The summed E-state index contributed by atoms with van der Waals surface area (Å²) in [6.45, 7) is 9.59. The first-order valence-electron chi connectivity index (χ1n) is 16.6. The molecule has 264 valence electrons. The maximum absolute atomic E-state index is 14.4. The van der Waals surface area contributed by atoms with E-state index in [4.69, 9.17) is 14.2 Å². The molecule has 2 aliphatic heterocycles. The number of cyclic esters (lactones) is 1. The molecule has 4 aliphatic rings. The molecule has 0 spiro atoms. The topological polar surface area (TPSA) is 182 Å². The summed E-state index contributed by atoms with van der Waals surface area (Å²) in [6, 6.07) is 5.17. The Balaban J connectivity index is 1.32. The minimum absolute atomic E-state index is 0.0317. The van der Waals surface area contributed by atoms with Crippen LogP contribution in [0.2, 0.25) is 0 Å². The van der Waals surface area contributed by atoms with E-state index in [0.29, 0.717) is 49.3 Å². The van der Waals surface area contributed by atoms with Crippen molar-refractivity contribution in [3.63, 3.8) is 0 Å². The maximum Gasteiger partial charge on any atom is 0.407 e. The van der Waals surface area contributed by atoms with Crippen molar-refractivity contribution in [1.82, 2.24) is 25.2 Å². The van der Waals surface area contributed by atoms with Crippen LogP contribution in [0.4, 0.5) is 4.79 Å². The van der Waals surface area contributed by atoms with Crippen molar-refractivity contribution < 1.29 is 41.8 Å². The Bertz CT molecular complexity index is 1770. The van der Waals surface area contributed by atoms with Crippen molar-refractivity contribution in [1.29, 1.82) is 0 Å². The average molecular weight is 698 g/mol. The number of pyridine rings is 1.